The van der Waals surface area contributed by atoms with Crippen molar-refractivity contribution in [3.05, 3.63) is 59.4 Å². The third-order valence-corrected chi connectivity index (χ3v) is 3.74. The van der Waals surface area contributed by atoms with Gasteiger partial charge in [0.15, 0.2) is 0 Å². The molecule has 0 unspecified atom stereocenters. The minimum atomic E-state index is -0.902. The number of carboxylic acid groups (broad SMARTS) is 1. The molecular weight excluding hydrogens is 250 g/mol. The number of fused-ring (bicyclic) bond motifs is 1. The number of nitrogens with zero attached hydrogens (tertiary/aromatic N) is 1. The van der Waals surface area contributed by atoms with Gasteiger partial charge in [-0.3, -0.25) is 0 Å². The second-order valence-electron chi connectivity index (χ2n) is 5.17. The molecule has 1 aliphatic carbocycles. The minimum absolute atomic E-state index is 0.297. The average molecular weight is 267 g/mol. The van der Waals surface area contributed by atoms with E-state index in [0.29, 0.717) is 5.70 Å². The molecular formula is C17H17NO2. The molecule has 3 heteroatoms. The normalized spacial score (nSPS) is 14.9. The molecule has 3 rings (SSSR count). The van der Waals surface area contributed by atoms with E-state index in [0.717, 1.165) is 18.4 Å². The Kier molecular flexibility index (Phi) is 3.42. The smallest absolute Gasteiger partial charge is 0.352 e. The molecule has 0 radical (unpaired) electrons. The van der Waals surface area contributed by atoms with Crippen LogP contribution in [0.15, 0.2) is 42.7 Å². The zero-order valence-electron chi connectivity index (χ0n) is 11.2. The Morgan fingerprint density at radius 3 is 2.20 bits per heavy atom. The first kappa shape index (κ1) is 12.7. The number of aryl methyl sites for hydroxylation is 2. The highest BCUT2D eigenvalue weighted by molar-refractivity contribution is 6.14. The highest BCUT2D eigenvalue weighted by Gasteiger charge is 2.16. The molecule has 0 saturated carbocycles. The molecule has 1 aliphatic rings. The summed E-state index contributed by atoms with van der Waals surface area (Å²) in [5.41, 5.74) is 3.77. The highest BCUT2D eigenvalue weighted by atomic mass is 16.4. The van der Waals surface area contributed by atoms with E-state index in [2.05, 4.69) is 0 Å². The lowest BCUT2D eigenvalue weighted by molar-refractivity contribution is -0.130. The average Bonchev–Trinajstić information content (AvgIpc) is 2.89. The number of rotatable bonds is 3. The molecule has 3 nitrogen and oxygen atoms in total. The van der Waals surface area contributed by atoms with Gasteiger partial charge in [-0.1, -0.05) is 30.3 Å². The van der Waals surface area contributed by atoms with Crippen LogP contribution in [0.1, 0.15) is 29.5 Å². The molecule has 0 aliphatic heterocycles. The number of aliphatic carboxylic acids is 1. The van der Waals surface area contributed by atoms with E-state index >= 15 is 0 Å². The fraction of sp³-hybridized carbons (Fsp3) is 0.235. The van der Waals surface area contributed by atoms with Crippen molar-refractivity contribution in [1.82, 2.24) is 4.57 Å². The summed E-state index contributed by atoms with van der Waals surface area (Å²) in [5.74, 6) is -0.902. The van der Waals surface area contributed by atoms with Crippen molar-refractivity contribution < 1.29 is 9.90 Å². The Morgan fingerprint density at radius 1 is 1.05 bits per heavy atom. The molecule has 1 aromatic heterocycles. The largest absolute Gasteiger partial charge is 0.477 e. The summed E-state index contributed by atoms with van der Waals surface area (Å²) in [6.07, 6.45) is 10.2. The summed E-state index contributed by atoms with van der Waals surface area (Å²) < 4.78 is 1.76. The third kappa shape index (κ3) is 2.52. The van der Waals surface area contributed by atoms with Crippen molar-refractivity contribution >= 4 is 17.7 Å². The van der Waals surface area contributed by atoms with E-state index in [9.17, 15) is 9.90 Å². The van der Waals surface area contributed by atoms with Crippen LogP contribution < -0.4 is 0 Å². The van der Waals surface area contributed by atoms with Gasteiger partial charge in [0.25, 0.3) is 0 Å². The molecule has 0 atom stereocenters. The van der Waals surface area contributed by atoms with Crippen molar-refractivity contribution in [1.29, 1.82) is 0 Å². The van der Waals surface area contributed by atoms with Crippen LogP contribution in [-0.2, 0) is 17.6 Å². The maximum Gasteiger partial charge on any atom is 0.352 e. The van der Waals surface area contributed by atoms with Gasteiger partial charge in [-0.2, -0.15) is 0 Å². The van der Waals surface area contributed by atoms with E-state index < -0.39 is 5.97 Å². The fourth-order valence-corrected chi connectivity index (χ4v) is 2.71. The van der Waals surface area contributed by atoms with Gasteiger partial charge in [0.2, 0.25) is 0 Å². The topological polar surface area (TPSA) is 42.2 Å². The second-order valence-corrected chi connectivity index (χ2v) is 5.17. The van der Waals surface area contributed by atoms with Crippen LogP contribution in [0.2, 0.25) is 0 Å². The lowest BCUT2D eigenvalue weighted by atomic mass is 9.96. The Balaban J connectivity index is 2.01. The van der Waals surface area contributed by atoms with Crippen LogP contribution in [0.4, 0.5) is 0 Å². The van der Waals surface area contributed by atoms with Crippen LogP contribution in [0.3, 0.4) is 0 Å². The summed E-state index contributed by atoms with van der Waals surface area (Å²) in [5, 5.41) is 9.46. The van der Waals surface area contributed by atoms with Crippen LogP contribution >= 0.6 is 0 Å². The lowest BCUT2D eigenvalue weighted by Gasteiger charge is -2.08. The number of benzene rings is 1. The van der Waals surface area contributed by atoms with E-state index in [-0.39, 0.29) is 0 Å². The predicted molar refractivity (Wildman–Crippen MR) is 79.3 cm³/mol. The molecule has 0 fully saturated rings. The monoisotopic (exact) mass is 267 g/mol. The molecule has 1 heterocycles. The Labute approximate surface area is 118 Å². The molecule has 0 saturated heterocycles. The van der Waals surface area contributed by atoms with Crippen molar-refractivity contribution in [2.24, 2.45) is 0 Å². The molecule has 102 valence electrons. The number of aromatic nitrogens is 1. The summed E-state index contributed by atoms with van der Waals surface area (Å²) in [6, 6.07) is 9.56. The van der Waals surface area contributed by atoms with Crippen LogP contribution in [0, 0.1) is 0 Å². The van der Waals surface area contributed by atoms with Gasteiger partial charge in [0, 0.05) is 12.4 Å². The van der Waals surface area contributed by atoms with Crippen molar-refractivity contribution in [2.75, 3.05) is 0 Å². The molecule has 2 aromatic rings. The Morgan fingerprint density at radius 2 is 1.65 bits per heavy atom. The quantitative estimate of drug-likeness (QED) is 0.865. The predicted octanol–water partition coefficient (Wildman–Crippen LogP) is 3.45. The lowest BCUT2D eigenvalue weighted by Crippen LogP contribution is -2.05. The van der Waals surface area contributed by atoms with Gasteiger partial charge in [0.1, 0.15) is 5.70 Å². The molecule has 1 aromatic carbocycles. The van der Waals surface area contributed by atoms with Gasteiger partial charge >= 0.3 is 5.97 Å². The maximum atomic E-state index is 11.5. The van der Waals surface area contributed by atoms with Crippen molar-refractivity contribution in [2.45, 2.75) is 25.7 Å². The minimum Gasteiger partial charge on any atom is -0.477 e. The van der Waals surface area contributed by atoms with E-state index in [1.807, 2.05) is 42.7 Å². The molecule has 1 N–H and O–H groups in total. The van der Waals surface area contributed by atoms with E-state index in [4.69, 9.17) is 0 Å². The van der Waals surface area contributed by atoms with Gasteiger partial charge in [0.05, 0.1) is 0 Å². The standard InChI is InChI=1S/C17H17NO2/c19-17(20)16(10-13-6-2-1-3-7-13)18-11-14-8-4-5-9-15(14)12-18/h1-3,6-7,10-12H,4-5,8-9H2,(H,19,20). The van der Waals surface area contributed by atoms with Gasteiger partial charge in [-0.25, -0.2) is 4.79 Å². The zero-order valence-corrected chi connectivity index (χ0v) is 11.2. The molecule has 20 heavy (non-hydrogen) atoms. The summed E-state index contributed by atoms with van der Waals surface area (Å²) in [6.45, 7) is 0. The van der Waals surface area contributed by atoms with Crippen molar-refractivity contribution in [3.63, 3.8) is 0 Å². The zero-order chi connectivity index (χ0) is 13.9. The van der Waals surface area contributed by atoms with E-state index in [1.165, 1.54) is 24.0 Å². The van der Waals surface area contributed by atoms with Crippen LogP contribution in [-0.4, -0.2) is 15.6 Å². The number of carboxylic acids is 1. The molecule has 0 spiro atoms. The summed E-state index contributed by atoms with van der Waals surface area (Å²) in [7, 11) is 0. The van der Waals surface area contributed by atoms with Crippen molar-refractivity contribution in [3.8, 4) is 0 Å². The first-order valence-corrected chi connectivity index (χ1v) is 6.94. The van der Waals surface area contributed by atoms with E-state index in [1.54, 1.807) is 10.6 Å². The van der Waals surface area contributed by atoms with Gasteiger partial charge < -0.3 is 9.67 Å². The summed E-state index contributed by atoms with van der Waals surface area (Å²) >= 11 is 0. The second kappa shape index (κ2) is 5.37. The number of carbonyl (C=O) groups is 1. The van der Waals surface area contributed by atoms with Gasteiger partial charge in [-0.15, -0.1) is 0 Å². The van der Waals surface area contributed by atoms with Crippen LogP contribution in [0.5, 0.6) is 0 Å². The van der Waals surface area contributed by atoms with Gasteiger partial charge in [-0.05, 0) is 48.4 Å². The molecule has 0 bridgehead atoms. The number of hydrogen-bond acceptors (Lipinski definition) is 1. The maximum absolute atomic E-state index is 11.5. The fourth-order valence-electron chi connectivity index (χ4n) is 2.71. The number of hydrogen-bond donors (Lipinski definition) is 1. The Hall–Kier alpha value is -2.29. The van der Waals surface area contributed by atoms with Crippen LogP contribution in [0.25, 0.3) is 11.8 Å². The molecule has 0 amide bonds. The Bertz CT molecular complexity index is 629. The summed E-state index contributed by atoms with van der Waals surface area (Å²) in [4.78, 5) is 11.5. The first-order chi connectivity index (χ1) is 9.74. The highest BCUT2D eigenvalue weighted by Crippen LogP contribution is 2.24. The SMILES string of the molecule is O=C(O)C(=Cc1ccccc1)n1cc2c(c1)CCCC2. The first-order valence-electron chi connectivity index (χ1n) is 6.94. The third-order valence-electron chi connectivity index (χ3n) is 3.74.